The molecule has 1 spiro atoms. The molecule has 2 heterocycles. The number of hydrogen-bond donors (Lipinski definition) is 0. The van der Waals surface area contributed by atoms with Crippen molar-refractivity contribution in [3.8, 4) is 5.75 Å². The van der Waals surface area contributed by atoms with Crippen LogP contribution in [0.5, 0.6) is 5.75 Å². The number of aryl methyl sites for hydroxylation is 1. The third kappa shape index (κ3) is 4.80. The molecule has 0 aromatic heterocycles. The smallest absolute Gasteiger partial charge is 0.573 e. The quantitative estimate of drug-likeness (QED) is 0.755. The molecule has 0 amide bonds. The maximum Gasteiger partial charge on any atom is 0.573 e. The lowest BCUT2D eigenvalue weighted by Gasteiger charge is -2.47. The number of ether oxygens (including phenoxy) is 1. The van der Waals surface area contributed by atoms with E-state index in [1.54, 1.807) is 12.1 Å². The fourth-order valence-electron chi connectivity index (χ4n) is 3.54. The summed E-state index contributed by atoms with van der Waals surface area (Å²) in [5, 5.41) is 0. The topological polar surface area (TPSA) is 35.5 Å². The van der Waals surface area contributed by atoms with Gasteiger partial charge >= 0.3 is 6.36 Å². The molecule has 0 bridgehead atoms. The van der Waals surface area contributed by atoms with E-state index in [1.165, 1.54) is 12.1 Å². The lowest BCUT2D eigenvalue weighted by Crippen LogP contribution is -2.54. The van der Waals surface area contributed by atoms with E-state index in [0.29, 0.717) is 5.41 Å². The largest absolute Gasteiger partial charge is 0.616 e. The Labute approximate surface area is 143 Å². The van der Waals surface area contributed by atoms with Gasteiger partial charge in [0.25, 0.3) is 0 Å². The third-order valence-electron chi connectivity index (χ3n) is 4.95. The van der Waals surface area contributed by atoms with E-state index in [9.17, 15) is 17.7 Å². The van der Waals surface area contributed by atoms with E-state index in [0.717, 1.165) is 62.4 Å². The van der Waals surface area contributed by atoms with Gasteiger partial charge in [-0.15, -0.1) is 13.2 Å². The van der Waals surface area contributed by atoms with E-state index in [4.69, 9.17) is 0 Å². The van der Waals surface area contributed by atoms with Crippen LogP contribution in [0.3, 0.4) is 0 Å². The predicted molar refractivity (Wildman–Crippen MR) is 87.4 cm³/mol. The summed E-state index contributed by atoms with van der Waals surface area (Å²) in [6.07, 6.45) is -0.527. The van der Waals surface area contributed by atoms with Crippen LogP contribution in [0.2, 0.25) is 0 Å². The standard InChI is InChI=1S/C17H22F3NO2S/c18-17(19,20)23-15-5-3-14(4-6-15)2-1-9-21-10-7-16(8-11-21)12-24(22)13-16/h3-6H,1-2,7-13H2. The van der Waals surface area contributed by atoms with Crippen LogP contribution in [0, 0.1) is 5.41 Å². The Bertz CT molecular complexity index is 534. The Morgan fingerprint density at radius 1 is 1.12 bits per heavy atom. The van der Waals surface area contributed by atoms with Crippen molar-refractivity contribution in [3.63, 3.8) is 0 Å². The molecule has 1 aromatic rings. The zero-order chi connectivity index (χ0) is 17.2. The van der Waals surface area contributed by atoms with Gasteiger partial charge in [0.15, 0.2) is 0 Å². The first-order valence-electron chi connectivity index (χ1n) is 8.26. The minimum absolute atomic E-state index is 0.175. The first-order chi connectivity index (χ1) is 11.3. The molecule has 0 radical (unpaired) electrons. The Balaban J connectivity index is 1.36. The molecule has 2 fully saturated rings. The van der Waals surface area contributed by atoms with E-state index >= 15 is 0 Å². The Hall–Kier alpha value is -0.920. The van der Waals surface area contributed by atoms with Gasteiger partial charge in [0.2, 0.25) is 0 Å². The first kappa shape index (κ1) is 17.9. The van der Waals surface area contributed by atoms with Gasteiger partial charge in [0.1, 0.15) is 17.3 Å². The van der Waals surface area contributed by atoms with Crippen molar-refractivity contribution in [1.82, 2.24) is 4.90 Å². The van der Waals surface area contributed by atoms with Gasteiger partial charge in [-0.25, -0.2) is 0 Å². The lowest BCUT2D eigenvalue weighted by atomic mass is 9.81. The molecule has 2 aliphatic heterocycles. The lowest BCUT2D eigenvalue weighted by molar-refractivity contribution is -0.274. The number of halogens is 3. The number of hydrogen-bond acceptors (Lipinski definition) is 3. The number of benzene rings is 1. The number of nitrogens with zero attached hydrogens (tertiary/aromatic N) is 1. The van der Waals surface area contributed by atoms with Crippen LogP contribution < -0.4 is 4.74 Å². The molecule has 2 aliphatic rings. The second kappa shape index (κ2) is 7.14. The average Bonchev–Trinajstić information content (AvgIpc) is 2.48. The summed E-state index contributed by atoms with van der Waals surface area (Å²) in [6.45, 7) is 3.13. The summed E-state index contributed by atoms with van der Waals surface area (Å²) in [7, 11) is 0. The summed E-state index contributed by atoms with van der Waals surface area (Å²) in [4.78, 5) is 2.44. The summed E-state index contributed by atoms with van der Waals surface area (Å²) in [5.74, 6) is 1.59. The van der Waals surface area contributed by atoms with E-state index in [2.05, 4.69) is 9.64 Å². The molecule has 3 nitrogen and oxygen atoms in total. The molecule has 24 heavy (non-hydrogen) atoms. The Morgan fingerprint density at radius 2 is 1.75 bits per heavy atom. The summed E-state index contributed by atoms with van der Waals surface area (Å²) in [6, 6.07) is 6.11. The van der Waals surface area contributed by atoms with Gasteiger partial charge in [-0.3, -0.25) is 0 Å². The minimum Gasteiger partial charge on any atom is -0.616 e. The second-order valence-electron chi connectivity index (χ2n) is 6.87. The van der Waals surface area contributed by atoms with Gasteiger partial charge in [0.05, 0.1) is 5.41 Å². The zero-order valence-electron chi connectivity index (χ0n) is 13.5. The zero-order valence-corrected chi connectivity index (χ0v) is 14.3. The van der Waals surface area contributed by atoms with Gasteiger partial charge in [-0.1, -0.05) is 23.3 Å². The molecular weight excluding hydrogens is 339 g/mol. The third-order valence-corrected chi connectivity index (χ3v) is 6.82. The van der Waals surface area contributed by atoms with Crippen LogP contribution in [0.1, 0.15) is 24.8 Å². The SMILES string of the molecule is [O-][S+]1CC2(CCN(CCCc3ccc(OC(F)(F)F)cc3)CC2)C1. The highest BCUT2D eigenvalue weighted by Crippen LogP contribution is 2.42. The van der Waals surface area contributed by atoms with Crippen LogP contribution in [0.15, 0.2) is 24.3 Å². The average molecular weight is 361 g/mol. The fraction of sp³-hybridized carbons (Fsp3) is 0.647. The first-order valence-corrected chi connectivity index (χ1v) is 9.75. The fourth-order valence-corrected chi connectivity index (χ4v) is 5.40. The van der Waals surface area contributed by atoms with Crippen molar-refractivity contribution in [3.05, 3.63) is 29.8 Å². The van der Waals surface area contributed by atoms with Crippen molar-refractivity contribution in [2.75, 3.05) is 31.1 Å². The Kier molecular flexibility index (Phi) is 5.32. The van der Waals surface area contributed by atoms with Crippen molar-refractivity contribution in [1.29, 1.82) is 0 Å². The summed E-state index contributed by atoms with van der Waals surface area (Å²) in [5.41, 5.74) is 1.38. The van der Waals surface area contributed by atoms with Crippen molar-refractivity contribution in [2.24, 2.45) is 5.41 Å². The van der Waals surface area contributed by atoms with Crippen molar-refractivity contribution < 1.29 is 22.5 Å². The number of piperidine rings is 1. The molecule has 2 saturated heterocycles. The summed E-state index contributed by atoms with van der Waals surface area (Å²) < 4.78 is 51.5. The molecule has 7 heteroatoms. The van der Waals surface area contributed by atoms with Crippen molar-refractivity contribution >= 4 is 11.2 Å². The number of likely N-dealkylation sites (tertiary alicyclic amines) is 1. The predicted octanol–water partition coefficient (Wildman–Crippen LogP) is 3.36. The highest BCUT2D eigenvalue weighted by molar-refractivity contribution is 7.92. The molecule has 3 rings (SSSR count). The Morgan fingerprint density at radius 3 is 2.29 bits per heavy atom. The van der Waals surface area contributed by atoms with Crippen LogP contribution in [0.4, 0.5) is 13.2 Å². The molecule has 0 saturated carbocycles. The highest BCUT2D eigenvalue weighted by atomic mass is 32.2. The van der Waals surface area contributed by atoms with E-state index < -0.39 is 17.5 Å². The number of alkyl halides is 3. The highest BCUT2D eigenvalue weighted by Gasteiger charge is 2.49. The van der Waals surface area contributed by atoms with Gasteiger partial charge < -0.3 is 14.2 Å². The maximum atomic E-state index is 12.1. The molecule has 134 valence electrons. The van der Waals surface area contributed by atoms with Crippen LogP contribution >= 0.6 is 0 Å². The van der Waals surface area contributed by atoms with Crippen molar-refractivity contribution in [2.45, 2.75) is 32.0 Å². The maximum absolute atomic E-state index is 12.1. The van der Waals surface area contributed by atoms with E-state index in [-0.39, 0.29) is 5.75 Å². The molecule has 0 aliphatic carbocycles. The molecule has 1 aromatic carbocycles. The van der Waals surface area contributed by atoms with E-state index in [1.807, 2.05) is 0 Å². The second-order valence-corrected chi connectivity index (χ2v) is 8.32. The molecule has 0 unspecified atom stereocenters. The molecule has 0 atom stereocenters. The van der Waals surface area contributed by atoms with Crippen LogP contribution in [0.25, 0.3) is 0 Å². The van der Waals surface area contributed by atoms with Crippen LogP contribution in [-0.2, 0) is 17.6 Å². The molecular formula is C17H22F3NO2S. The minimum atomic E-state index is -4.64. The van der Waals surface area contributed by atoms with Gasteiger partial charge in [-0.05, 0) is 63.0 Å². The molecule has 0 N–H and O–H groups in total. The normalized spacial score (nSPS) is 21.7. The monoisotopic (exact) mass is 361 g/mol. The van der Waals surface area contributed by atoms with Gasteiger partial charge in [0, 0.05) is 0 Å². The summed E-state index contributed by atoms with van der Waals surface area (Å²) >= 11 is -0.578. The number of rotatable bonds is 5. The van der Waals surface area contributed by atoms with Crippen LogP contribution in [-0.4, -0.2) is 47.0 Å². The van der Waals surface area contributed by atoms with Gasteiger partial charge in [-0.2, -0.15) is 0 Å².